The fraction of sp³-hybridized carbons (Fsp3) is 0.727. The predicted molar refractivity (Wildman–Crippen MR) is 60.9 cm³/mol. The van der Waals surface area contributed by atoms with E-state index in [9.17, 15) is 0 Å². The molecular formula is C11H21N3O. The largest absolute Gasteiger partial charge is 0.383 e. The number of methoxy groups -OCH3 is 1. The van der Waals surface area contributed by atoms with Gasteiger partial charge in [0.25, 0.3) is 0 Å². The van der Waals surface area contributed by atoms with Crippen LogP contribution in [0.25, 0.3) is 0 Å². The minimum Gasteiger partial charge on any atom is -0.383 e. The Morgan fingerprint density at radius 1 is 1.40 bits per heavy atom. The van der Waals surface area contributed by atoms with Crippen LogP contribution in [0.15, 0.2) is 12.4 Å². The molecule has 0 aromatic carbocycles. The molecule has 86 valence electrons. The molecule has 1 heterocycles. The molecule has 0 saturated heterocycles. The summed E-state index contributed by atoms with van der Waals surface area (Å²) in [5.74, 6) is 0. The van der Waals surface area contributed by atoms with Gasteiger partial charge < -0.3 is 10.1 Å². The van der Waals surface area contributed by atoms with Gasteiger partial charge in [-0.25, -0.2) is 0 Å². The Balaban J connectivity index is 1.93. The minimum atomic E-state index is 0.790. The maximum absolute atomic E-state index is 4.94. The van der Waals surface area contributed by atoms with E-state index in [-0.39, 0.29) is 0 Å². The number of aromatic nitrogens is 2. The van der Waals surface area contributed by atoms with Crippen LogP contribution in [0, 0.1) is 6.92 Å². The average Bonchev–Trinajstić information content (AvgIpc) is 2.63. The highest BCUT2D eigenvalue weighted by atomic mass is 16.5. The van der Waals surface area contributed by atoms with Gasteiger partial charge in [0.1, 0.15) is 0 Å². The third kappa shape index (κ3) is 5.54. The lowest BCUT2D eigenvalue weighted by atomic mass is 10.3. The predicted octanol–water partition coefficient (Wildman–Crippen LogP) is 1.21. The third-order valence-corrected chi connectivity index (χ3v) is 2.24. The van der Waals surface area contributed by atoms with Crippen molar-refractivity contribution in [2.24, 2.45) is 0 Å². The summed E-state index contributed by atoms with van der Waals surface area (Å²) in [6.07, 6.45) is 6.33. The van der Waals surface area contributed by atoms with E-state index in [1.807, 2.05) is 10.9 Å². The van der Waals surface area contributed by atoms with Crippen molar-refractivity contribution in [3.05, 3.63) is 18.0 Å². The lowest BCUT2D eigenvalue weighted by Gasteiger charge is -2.04. The molecule has 4 nitrogen and oxygen atoms in total. The fourth-order valence-corrected chi connectivity index (χ4v) is 1.41. The van der Waals surface area contributed by atoms with Crippen LogP contribution < -0.4 is 5.32 Å². The van der Waals surface area contributed by atoms with Gasteiger partial charge in [-0.3, -0.25) is 4.68 Å². The molecule has 0 atom stereocenters. The van der Waals surface area contributed by atoms with Crippen LogP contribution >= 0.6 is 0 Å². The van der Waals surface area contributed by atoms with E-state index in [1.165, 1.54) is 18.4 Å². The Labute approximate surface area is 91.6 Å². The number of hydrogen-bond donors (Lipinski definition) is 1. The molecule has 0 amide bonds. The average molecular weight is 211 g/mol. The molecule has 0 unspecified atom stereocenters. The summed E-state index contributed by atoms with van der Waals surface area (Å²) < 4.78 is 6.95. The molecule has 0 bridgehead atoms. The number of hydrogen-bond acceptors (Lipinski definition) is 3. The highest BCUT2D eigenvalue weighted by Gasteiger charge is 1.93. The number of nitrogens with zero attached hydrogens (tertiary/aromatic N) is 2. The molecule has 1 N–H and O–H groups in total. The number of aryl methyl sites for hydroxylation is 2. The SMILES string of the molecule is COCCNCCCCn1cc(C)cn1. The Hall–Kier alpha value is -0.870. The van der Waals surface area contributed by atoms with Crippen LogP contribution in [-0.2, 0) is 11.3 Å². The number of ether oxygens (including phenoxy) is 1. The van der Waals surface area contributed by atoms with E-state index in [2.05, 4.69) is 23.5 Å². The molecule has 1 aromatic rings. The number of nitrogens with one attached hydrogen (secondary N) is 1. The van der Waals surface area contributed by atoms with Gasteiger partial charge in [-0.05, 0) is 31.9 Å². The molecule has 0 aliphatic heterocycles. The maximum atomic E-state index is 4.94. The summed E-state index contributed by atoms with van der Waals surface area (Å²) in [5.41, 5.74) is 1.23. The van der Waals surface area contributed by atoms with Crippen LogP contribution in [0.5, 0.6) is 0 Å². The quantitative estimate of drug-likeness (QED) is 0.657. The van der Waals surface area contributed by atoms with E-state index in [0.717, 1.165) is 26.2 Å². The Kier molecular flexibility index (Phi) is 6.04. The zero-order valence-electron chi connectivity index (χ0n) is 9.70. The molecule has 0 radical (unpaired) electrons. The van der Waals surface area contributed by atoms with Gasteiger partial charge in [-0.15, -0.1) is 0 Å². The van der Waals surface area contributed by atoms with Crippen LogP contribution in [0.2, 0.25) is 0 Å². The van der Waals surface area contributed by atoms with Crippen molar-refractivity contribution in [3.63, 3.8) is 0 Å². The zero-order valence-corrected chi connectivity index (χ0v) is 9.70. The Bertz CT molecular complexity index is 260. The van der Waals surface area contributed by atoms with Crippen molar-refractivity contribution in [1.82, 2.24) is 15.1 Å². The van der Waals surface area contributed by atoms with Gasteiger partial charge in [0.2, 0.25) is 0 Å². The first kappa shape index (κ1) is 12.2. The molecule has 0 aliphatic rings. The third-order valence-electron chi connectivity index (χ3n) is 2.24. The van der Waals surface area contributed by atoms with E-state index < -0.39 is 0 Å². The van der Waals surface area contributed by atoms with Gasteiger partial charge in [-0.1, -0.05) is 0 Å². The summed E-state index contributed by atoms with van der Waals surface area (Å²) in [4.78, 5) is 0. The molecule has 0 fully saturated rings. The first-order valence-corrected chi connectivity index (χ1v) is 5.51. The molecule has 0 spiro atoms. The standard InChI is InChI=1S/C11H21N3O/c1-11-9-13-14(10-11)7-4-3-5-12-6-8-15-2/h9-10,12H,3-8H2,1-2H3. The van der Waals surface area contributed by atoms with E-state index in [1.54, 1.807) is 7.11 Å². The summed E-state index contributed by atoms with van der Waals surface area (Å²) in [7, 11) is 1.72. The van der Waals surface area contributed by atoms with E-state index in [4.69, 9.17) is 4.74 Å². The summed E-state index contributed by atoms with van der Waals surface area (Å²) in [6.45, 7) is 5.87. The molecule has 15 heavy (non-hydrogen) atoms. The normalized spacial score (nSPS) is 10.8. The molecular weight excluding hydrogens is 190 g/mol. The summed E-state index contributed by atoms with van der Waals surface area (Å²) in [5, 5.41) is 7.56. The van der Waals surface area contributed by atoms with Gasteiger partial charge in [0, 0.05) is 26.4 Å². The molecule has 1 rings (SSSR count). The van der Waals surface area contributed by atoms with Crippen molar-refractivity contribution < 1.29 is 4.74 Å². The topological polar surface area (TPSA) is 39.1 Å². The van der Waals surface area contributed by atoms with Crippen molar-refractivity contribution in [2.75, 3.05) is 26.8 Å². The molecule has 0 aliphatic carbocycles. The highest BCUT2D eigenvalue weighted by molar-refractivity contribution is 4.99. The van der Waals surface area contributed by atoms with Crippen LogP contribution in [-0.4, -0.2) is 36.6 Å². The Morgan fingerprint density at radius 2 is 2.27 bits per heavy atom. The van der Waals surface area contributed by atoms with Gasteiger partial charge >= 0.3 is 0 Å². The number of unbranched alkanes of at least 4 members (excludes halogenated alkanes) is 1. The summed E-state index contributed by atoms with van der Waals surface area (Å²) >= 11 is 0. The second-order valence-corrected chi connectivity index (χ2v) is 3.73. The first-order valence-electron chi connectivity index (χ1n) is 5.51. The first-order chi connectivity index (χ1) is 7.33. The highest BCUT2D eigenvalue weighted by Crippen LogP contribution is 1.97. The zero-order chi connectivity index (χ0) is 10.9. The minimum absolute atomic E-state index is 0.790. The van der Waals surface area contributed by atoms with E-state index >= 15 is 0 Å². The van der Waals surface area contributed by atoms with Gasteiger partial charge in [-0.2, -0.15) is 5.10 Å². The smallest absolute Gasteiger partial charge is 0.0587 e. The number of rotatable bonds is 8. The monoisotopic (exact) mass is 211 g/mol. The van der Waals surface area contributed by atoms with Crippen molar-refractivity contribution in [2.45, 2.75) is 26.3 Å². The van der Waals surface area contributed by atoms with Crippen molar-refractivity contribution in [1.29, 1.82) is 0 Å². The molecule has 0 saturated carbocycles. The van der Waals surface area contributed by atoms with E-state index in [0.29, 0.717) is 0 Å². The second kappa shape index (κ2) is 7.43. The lowest BCUT2D eigenvalue weighted by molar-refractivity contribution is 0.199. The maximum Gasteiger partial charge on any atom is 0.0587 e. The fourth-order valence-electron chi connectivity index (χ4n) is 1.41. The van der Waals surface area contributed by atoms with Gasteiger partial charge in [0.05, 0.1) is 12.8 Å². The van der Waals surface area contributed by atoms with Crippen LogP contribution in [0.1, 0.15) is 18.4 Å². The molecule has 4 heteroatoms. The van der Waals surface area contributed by atoms with Crippen molar-refractivity contribution in [3.8, 4) is 0 Å². The van der Waals surface area contributed by atoms with Crippen LogP contribution in [0.4, 0.5) is 0 Å². The second-order valence-electron chi connectivity index (χ2n) is 3.73. The van der Waals surface area contributed by atoms with Gasteiger partial charge in [0.15, 0.2) is 0 Å². The lowest BCUT2D eigenvalue weighted by Crippen LogP contribution is -2.20. The summed E-state index contributed by atoms with van der Waals surface area (Å²) in [6, 6.07) is 0. The van der Waals surface area contributed by atoms with Crippen LogP contribution in [0.3, 0.4) is 0 Å². The van der Waals surface area contributed by atoms with Crippen molar-refractivity contribution >= 4 is 0 Å². The molecule has 1 aromatic heterocycles. The Morgan fingerprint density at radius 3 is 2.93 bits per heavy atom.